The van der Waals surface area contributed by atoms with Crippen LogP contribution in [-0.2, 0) is 15.7 Å². The van der Waals surface area contributed by atoms with Gasteiger partial charge in [0.15, 0.2) is 0 Å². The largest absolute Gasteiger partial charge is 0.416 e. The number of carbonyl (C=O) groups is 2. The van der Waals surface area contributed by atoms with Crippen molar-refractivity contribution in [3.63, 3.8) is 0 Å². The van der Waals surface area contributed by atoms with Crippen molar-refractivity contribution in [2.45, 2.75) is 83.3 Å². The zero-order chi connectivity index (χ0) is 28.2. The lowest BCUT2D eigenvalue weighted by atomic mass is 9.90. The third kappa shape index (κ3) is 7.39. The first kappa shape index (κ1) is 29.1. The van der Waals surface area contributed by atoms with E-state index in [1.54, 1.807) is 0 Å². The Labute approximate surface area is 227 Å². The maximum atomic E-state index is 13.0. The van der Waals surface area contributed by atoms with Crippen LogP contribution in [0.3, 0.4) is 0 Å². The number of hydrogen-bond acceptors (Lipinski definition) is 5. The number of benzene rings is 1. The molecule has 4 rings (SSSR count). The zero-order valence-corrected chi connectivity index (χ0v) is 22.8. The molecule has 8 nitrogen and oxygen atoms in total. The summed E-state index contributed by atoms with van der Waals surface area (Å²) in [6.45, 7) is 7.76. The summed E-state index contributed by atoms with van der Waals surface area (Å²) in [5.74, 6) is -1.14. The minimum absolute atomic E-state index is 0.148. The van der Waals surface area contributed by atoms with Crippen LogP contribution in [0, 0.1) is 13.8 Å². The standard InChI is InChI=1S/C28H38F3N5O3/c1-4-12-39-25-17-35(22-8-10-23(11-9-22)36-19(3)13-18(2)34-36)16-24(25)33-26(37)15-32-27(38)20-6-5-7-21(14-20)28(29,30)31/h5-7,13-14,22-25H,4,8-12,15-17H2,1-3H3,(H,32,38)(H,33,37)/t22?,23?,24-,25-/m0/s1. The number of hydrogen-bond donors (Lipinski definition) is 2. The molecule has 2 N–H and O–H groups in total. The average Bonchev–Trinajstić information content (AvgIpc) is 3.47. The summed E-state index contributed by atoms with van der Waals surface area (Å²) in [5, 5.41) is 10.1. The van der Waals surface area contributed by atoms with Gasteiger partial charge in [-0.2, -0.15) is 18.3 Å². The summed E-state index contributed by atoms with van der Waals surface area (Å²) in [4.78, 5) is 27.5. The molecule has 2 amide bonds. The summed E-state index contributed by atoms with van der Waals surface area (Å²) >= 11 is 0. The molecule has 2 aliphatic rings. The molecule has 1 saturated heterocycles. The number of nitrogens with one attached hydrogen (secondary N) is 2. The Morgan fingerprint density at radius 3 is 2.44 bits per heavy atom. The van der Waals surface area contributed by atoms with Gasteiger partial charge in [0.1, 0.15) is 0 Å². The van der Waals surface area contributed by atoms with Gasteiger partial charge < -0.3 is 15.4 Å². The lowest BCUT2D eigenvalue weighted by Crippen LogP contribution is -2.48. The van der Waals surface area contributed by atoms with Crippen LogP contribution in [0.2, 0.25) is 0 Å². The summed E-state index contributed by atoms with van der Waals surface area (Å²) in [5.41, 5.74) is 1.16. The molecule has 39 heavy (non-hydrogen) atoms. The zero-order valence-electron chi connectivity index (χ0n) is 22.8. The Hall–Kier alpha value is -2.92. The van der Waals surface area contributed by atoms with E-state index < -0.39 is 23.6 Å². The summed E-state index contributed by atoms with van der Waals surface area (Å²) in [6, 6.07) is 6.81. The summed E-state index contributed by atoms with van der Waals surface area (Å²) in [7, 11) is 0. The molecular weight excluding hydrogens is 511 g/mol. The number of aryl methyl sites for hydroxylation is 2. The van der Waals surface area contributed by atoms with Crippen molar-refractivity contribution in [3.05, 3.63) is 52.8 Å². The van der Waals surface area contributed by atoms with E-state index in [1.807, 2.05) is 13.8 Å². The predicted molar refractivity (Wildman–Crippen MR) is 140 cm³/mol. The van der Waals surface area contributed by atoms with Gasteiger partial charge >= 0.3 is 6.18 Å². The molecule has 0 spiro atoms. The van der Waals surface area contributed by atoms with E-state index in [-0.39, 0.29) is 24.3 Å². The maximum Gasteiger partial charge on any atom is 0.416 e. The summed E-state index contributed by atoms with van der Waals surface area (Å²) < 4.78 is 47.1. The Morgan fingerprint density at radius 1 is 1.08 bits per heavy atom. The number of ether oxygens (including phenoxy) is 1. The highest BCUT2D eigenvalue weighted by molar-refractivity contribution is 5.96. The molecule has 0 bridgehead atoms. The molecule has 2 heterocycles. The van der Waals surface area contributed by atoms with Gasteiger partial charge in [0.05, 0.1) is 36.0 Å². The van der Waals surface area contributed by atoms with E-state index >= 15 is 0 Å². The number of nitrogens with zero attached hydrogens (tertiary/aromatic N) is 3. The highest BCUT2D eigenvalue weighted by atomic mass is 19.4. The lowest BCUT2D eigenvalue weighted by molar-refractivity contribution is -0.137. The molecule has 11 heteroatoms. The first-order chi connectivity index (χ1) is 18.5. The Morgan fingerprint density at radius 2 is 1.79 bits per heavy atom. The quantitative estimate of drug-likeness (QED) is 0.493. The molecule has 1 aromatic carbocycles. The molecule has 214 valence electrons. The smallest absolute Gasteiger partial charge is 0.375 e. The minimum Gasteiger partial charge on any atom is -0.375 e. The third-order valence-electron chi connectivity index (χ3n) is 7.61. The number of likely N-dealkylation sites (tertiary alicyclic amines) is 1. The second kappa shape index (κ2) is 12.5. The van der Waals surface area contributed by atoms with E-state index in [9.17, 15) is 22.8 Å². The van der Waals surface area contributed by atoms with Crippen molar-refractivity contribution in [1.82, 2.24) is 25.3 Å². The van der Waals surface area contributed by atoms with Gasteiger partial charge in [-0.1, -0.05) is 13.0 Å². The van der Waals surface area contributed by atoms with E-state index in [0.717, 1.165) is 56.5 Å². The van der Waals surface area contributed by atoms with Crippen LogP contribution >= 0.6 is 0 Å². The molecule has 1 aliphatic carbocycles. The lowest BCUT2D eigenvalue weighted by Gasteiger charge is -2.35. The van der Waals surface area contributed by atoms with E-state index in [2.05, 4.69) is 38.3 Å². The molecule has 2 aromatic rings. The minimum atomic E-state index is -4.55. The molecule has 1 saturated carbocycles. The second-order valence-electron chi connectivity index (χ2n) is 10.6. The van der Waals surface area contributed by atoms with Crippen molar-refractivity contribution < 1.29 is 27.5 Å². The van der Waals surface area contributed by atoms with Gasteiger partial charge in [-0.25, -0.2) is 0 Å². The Kier molecular flexibility index (Phi) is 9.32. The van der Waals surface area contributed by atoms with E-state index in [1.165, 1.54) is 17.8 Å². The third-order valence-corrected chi connectivity index (χ3v) is 7.61. The Bertz CT molecular complexity index is 1140. The van der Waals surface area contributed by atoms with Crippen LogP contribution in [0.1, 0.15) is 72.4 Å². The number of rotatable bonds is 9. The average molecular weight is 550 g/mol. The topological polar surface area (TPSA) is 88.5 Å². The fourth-order valence-corrected chi connectivity index (χ4v) is 5.72. The van der Waals surface area contributed by atoms with Gasteiger partial charge in [0, 0.05) is 37.0 Å². The van der Waals surface area contributed by atoms with Crippen molar-refractivity contribution in [2.75, 3.05) is 26.2 Å². The normalized spacial score (nSPS) is 24.1. The highest BCUT2D eigenvalue weighted by Gasteiger charge is 2.39. The summed E-state index contributed by atoms with van der Waals surface area (Å²) in [6.07, 6.45) is 0.310. The van der Waals surface area contributed by atoms with E-state index in [4.69, 9.17) is 4.74 Å². The van der Waals surface area contributed by atoms with Crippen molar-refractivity contribution in [3.8, 4) is 0 Å². The van der Waals surface area contributed by atoms with Gasteiger partial charge in [0.2, 0.25) is 5.91 Å². The van der Waals surface area contributed by atoms with Crippen molar-refractivity contribution >= 4 is 11.8 Å². The van der Waals surface area contributed by atoms with Crippen molar-refractivity contribution in [2.24, 2.45) is 0 Å². The van der Waals surface area contributed by atoms with Gasteiger partial charge in [-0.05, 0) is 70.2 Å². The number of aromatic nitrogens is 2. The Balaban J connectivity index is 1.30. The fraction of sp³-hybridized carbons (Fsp3) is 0.607. The molecule has 0 unspecified atom stereocenters. The SMILES string of the molecule is CCCO[C@H]1CN(C2CCC(n3nc(C)cc3C)CC2)C[C@@H]1NC(=O)CNC(=O)c1cccc(C(F)(F)F)c1. The van der Waals surface area contributed by atoms with E-state index in [0.29, 0.717) is 25.2 Å². The first-order valence-electron chi connectivity index (χ1n) is 13.7. The van der Waals surface area contributed by atoms with Crippen LogP contribution < -0.4 is 10.6 Å². The van der Waals surface area contributed by atoms with Crippen LogP contribution in [0.15, 0.2) is 30.3 Å². The van der Waals surface area contributed by atoms with Gasteiger partial charge in [0.25, 0.3) is 5.91 Å². The monoisotopic (exact) mass is 549 g/mol. The van der Waals surface area contributed by atoms with Crippen LogP contribution in [-0.4, -0.2) is 70.9 Å². The maximum absolute atomic E-state index is 13.0. The first-order valence-corrected chi connectivity index (χ1v) is 13.7. The van der Waals surface area contributed by atoms with Crippen LogP contribution in [0.5, 0.6) is 0 Å². The molecule has 2 atom stereocenters. The highest BCUT2D eigenvalue weighted by Crippen LogP contribution is 2.33. The van der Waals surface area contributed by atoms with Gasteiger partial charge in [-0.3, -0.25) is 19.2 Å². The number of alkyl halides is 3. The second-order valence-corrected chi connectivity index (χ2v) is 10.6. The van der Waals surface area contributed by atoms with Gasteiger partial charge in [-0.15, -0.1) is 0 Å². The molecular formula is C28H38F3N5O3. The fourth-order valence-electron chi connectivity index (χ4n) is 5.72. The number of halogens is 3. The van der Waals surface area contributed by atoms with Crippen LogP contribution in [0.25, 0.3) is 0 Å². The molecule has 0 radical (unpaired) electrons. The van der Waals surface area contributed by atoms with Crippen LogP contribution in [0.4, 0.5) is 13.2 Å². The molecule has 1 aromatic heterocycles. The molecule has 1 aliphatic heterocycles. The molecule has 2 fully saturated rings. The van der Waals surface area contributed by atoms with Crippen molar-refractivity contribution in [1.29, 1.82) is 0 Å². The number of amides is 2. The number of carbonyl (C=O) groups excluding carboxylic acids is 2. The predicted octanol–water partition coefficient (Wildman–Crippen LogP) is 4.03.